The van der Waals surface area contributed by atoms with Crippen molar-refractivity contribution < 1.29 is 9.53 Å². The number of aromatic nitrogens is 2. The number of anilines is 1. The first-order valence-corrected chi connectivity index (χ1v) is 10.5. The summed E-state index contributed by atoms with van der Waals surface area (Å²) in [5.74, 6) is 0.247. The van der Waals surface area contributed by atoms with E-state index in [1.165, 1.54) is 6.21 Å². The Balaban J connectivity index is 1.64. The van der Waals surface area contributed by atoms with Crippen molar-refractivity contribution in [3.8, 4) is 5.75 Å². The summed E-state index contributed by atoms with van der Waals surface area (Å²) in [5, 5.41) is 13.4. The van der Waals surface area contributed by atoms with Crippen LogP contribution >= 0.6 is 50.5 Å². The van der Waals surface area contributed by atoms with Gasteiger partial charge in [0.05, 0.1) is 12.6 Å². The van der Waals surface area contributed by atoms with Crippen LogP contribution in [0.5, 0.6) is 5.75 Å². The van der Waals surface area contributed by atoms with Crippen molar-refractivity contribution in [2.75, 3.05) is 5.73 Å². The Labute approximate surface area is 189 Å². The normalized spacial score (nSPS) is 11.0. The van der Waals surface area contributed by atoms with Gasteiger partial charge in [-0.25, -0.2) is 5.43 Å². The molecule has 3 aromatic rings. The number of carbonyl (C=O) groups is 1. The smallest absolute Gasteiger partial charge is 0.247 e. The average molecular weight is 515 g/mol. The van der Waals surface area contributed by atoms with Gasteiger partial charge in [-0.2, -0.15) is 5.10 Å². The second kappa shape index (κ2) is 10.0. The van der Waals surface area contributed by atoms with Crippen LogP contribution in [0, 0.1) is 0 Å². The highest BCUT2D eigenvalue weighted by molar-refractivity contribution is 9.10. The lowest BCUT2D eigenvalue weighted by Crippen LogP contribution is -2.19. The van der Waals surface area contributed by atoms with Gasteiger partial charge in [0.2, 0.25) is 11.0 Å². The lowest BCUT2D eigenvalue weighted by Gasteiger charge is -2.11. The van der Waals surface area contributed by atoms with Crippen molar-refractivity contribution in [2.24, 2.45) is 5.10 Å². The minimum Gasteiger partial charge on any atom is -0.488 e. The number of nitrogens with two attached hydrogens (primary N) is 1. The lowest BCUT2D eigenvalue weighted by molar-refractivity contribution is -0.120. The molecular formula is C18H14BrCl2N5O2S. The summed E-state index contributed by atoms with van der Waals surface area (Å²) < 4.78 is 6.71. The Kier molecular flexibility index (Phi) is 7.43. The van der Waals surface area contributed by atoms with Crippen LogP contribution in [0.2, 0.25) is 10.0 Å². The molecular weight excluding hydrogens is 501 g/mol. The minimum atomic E-state index is -0.331. The Morgan fingerprint density at radius 2 is 2.10 bits per heavy atom. The Morgan fingerprint density at radius 1 is 1.28 bits per heavy atom. The highest BCUT2D eigenvalue weighted by Gasteiger charge is 2.09. The van der Waals surface area contributed by atoms with Crippen molar-refractivity contribution in [3.05, 3.63) is 67.1 Å². The maximum absolute atomic E-state index is 11.9. The van der Waals surface area contributed by atoms with Crippen LogP contribution in [0.1, 0.15) is 16.1 Å². The zero-order valence-electron chi connectivity index (χ0n) is 14.7. The van der Waals surface area contributed by atoms with Crippen molar-refractivity contribution in [2.45, 2.75) is 13.0 Å². The van der Waals surface area contributed by atoms with Crippen LogP contribution in [-0.2, 0) is 17.8 Å². The molecule has 0 saturated heterocycles. The Hall–Kier alpha value is -2.20. The molecule has 0 saturated carbocycles. The molecule has 11 heteroatoms. The van der Waals surface area contributed by atoms with E-state index in [1.807, 2.05) is 12.1 Å². The van der Waals surface area contributed by atoms with E-state index in [4.69, 9.17) is 33.7 Å². The molecule has 3 rings (SSSR count). The molecule has 1 heterocycles. The van der Waals surface area contributed by atoms with E-state index in [0.717, 1.165) is 21.4 Å². The van der Waals surface area contributed by atoms with Gasteiger partial charge in [0.1, 0.15) is 17.4 Å². The maximum Gasteiger partial charge on any atom is 0.247 e. The SMILES string of the molecule is Nc1nnc(CC(=O)NN=Cc2cc(Br)ccc2OCc2ccc(Cl)cc2Cl)s1. The molecule has 150 valence electrons. The molecule has 3 N–H and O–H groups in total. The monoisotopic (exact) mass is 513 g/mol. The van der Waals surface area contributed by atoms with Gasteiger partial charge in [0, 0.05) is 25.6 Å². The predicted octanol–water partition coefficient (Wildman–Crippen LogP) is 4.46. The number of amides is 1. The van der Waals surface area contributed by atoms with Gasteiger partial charge in [0.15, 0.2) is 0 Å². The highest BCUT2D eigenvalue weighted by atomic mass is 79.9. The van der Waals surface area contributed by atoms with Gasteiger partial charge in [-0.15, -0.1) is 10.2 Å². The zero-order chi connectivity index (χ0) is 20.8. The molecule has 0 radical (unpaired) electrons. The molecule has 0 aliphatic carbocycles. The first-order chi connectivity index (χ1) is 13.9. The summed E-state index contributed by atoms with van der Waals surface area (Å²) >= 11 is 16.7. The van der Waals surface area contributed by atoms with E-state index in [9.17, 15) is 4.79 Å². The van der Waals surface area contributed by atoms with E-state index >= 15 is 0 Å². The lowest BCUT2D eigenvalue weighted by atomic mass is 10.2. The van der Waals surface area contributed by atoms with Crippen LogP contribution in [0.25, 0.3) is 0 Å². The third kappa shape index (κ3) is 6.40. The van der Waals surface area contributed by atoms with E-state index in [0.29, 0.717) is 31.5 Å². The van der Waals surface area contributed by atoms with Crippen LogP contribution in [0.4, 0.5) is 5.13 Å². The fourth-order valence-corrected chi connectivity index (χ4v) is 3.68. The number of hydrazone groups is 1. The van der Waals surface area contributed by atoms with Gasteiger partial charge in [-0.3, -0.25) is 4.79 Å². The second-order valence-corrected chi connectivity index (χ2v) is 8.56. The molecule has 7 nitrogen and oxygen atoms in total. The number of hydrogen-bond donors (Lipinski definition) is 2. The second-order valence-electron chi connectivity index (χ2n) is 5.71. The van der Waals surface area contributed by atoms with Crippen LogP contribution in [0.15, 0.2) is 46.0 Å². The molecule has 2 aromatic carbocycles. The minimum absolute atomic E-state index is 0.0448. The van der Waals surface area contributed by atoms with E-state index < -0.39 is 0 Å². The predicted molar refractivity (Wildman–Crippen MR) is 119 cm³/mol. The van der Waals surface area contributed by atoms with Crippen molar-refractivity contribution in [1.82, 2.24) is 15.6 Å². The molecule has 0 aliphatic rings. The summed E-state index contributed by atoms with van der Waals surface area (Å²) in [6, 6.07) is 10.7. The largest absolute Gasteiger partial charge is 0.488 e. The average Bonchev–Trinajstić information content (AvgIpc) is 3.07. The van der Waals surface area contributed by atoms with E-state index in [1.54, 1.807) is 24.3 Å². The van der Waals surface area contributed by atoms with Crippen molar-refractivity contribution in [1.29, 1.82) is 0 Å². The standard InChI is InChI=1S/C18H14BrCl2N5O2S/c19-12-2-4-15(28-9-10-1-3-13(20)6-14(10)21)11(5-12)8-23-24-16(27)7-17-25-26-18(22)29-17/h1-6,8H,7,9H2,(H2,22,26)(H,24,27). The molecule has 0 spiro atoms. The number of halogens is 3. The number of nitrogens with zero attached hydrogens (tertiary/aromatic N) is 3. The number of hydrogen-bond acceptors (Lipinski definition) is 7. The molecule has 0 atom stereocenters. The summed E-state index contributed by atoms with van der Waals surface area (Å²) in [6.45, 7) is 0.253. The molecule has 1 aromatic heterocycles. The number of rotatable bonds is 7. The summed E-state index contributed by atoms with van der Waals surface area (Å²) in [6.07, 6.45) is 1.54. The quantitative estimate of drug-likeness (QED) is 0.358. The molecule has 0 unspecified atom stereocenters. The fourth-order valence-electron chi connectivity index (χ4n) is 2.23. The van der Waals surface area contributed by atoms with Gasteiger partial charge in [-0.1, -0.05) is 56.5 Å². The topological polar surface area (TPSA) is 102 Å². The molecule has 0 aliphatic heterocycles. The summed E-state index contributed by atoms with van der Waals surface area (Å²) in [4.78, 5) is 11.9. The number of benzene rings is 2. The van der Waals surface area contributed by atoms with E-state index in [-0.39, 0.29) is 18.9 Å². The van der Waals surface area contributed by atoms with E-state index in [2.05, 4.69) is 36.7 Å². The zero-order valence-corrected chi connectivity index (χ0v) is 18.6. The Morgan fingerprint density at radius 3 is 2.83 bits per heavy atom. The van der Waals surface area contributed by atoms with Crippen molar-refractivity contribution >= 4 is 67.7 Å². The fraction of sp³-hybridized carbons (Fsp3) is 0.111. The van der Waals surface area contributed by atoms with Gasteiger partial charge < -0.3 is 10.5 Å². The summed E-state index contributed by atoms with van der Waals surface area (Å²) in [7, 11) is 0. The molecule has 1 amide bonds. The number of nitrogen functional groups attached to an aromatic ring is 1. The number of nitrogens with one attached hydrogen (secondary N) is 1. The first kappa shape index (κ1) is 21.5. The Bertz CT molecular complexity index is 1060. The van der Waals surface area contributed by atoms with Gasteiger partial charge >= 0.3 is 0 Å². The van der Waals surface area contributed by atoms with Crippen molar-refractivity contribution in [3.63, 3.8) is 0 Å². The molecule has 0 bridgehead atoms. The number of carbonyl (C=O) groups excluding carboxylic acids is 1. The first-order valence-electron chi connectivity index (χ1n) is 8.17. The van der Waals surface area contributed by atoms with Crippen LogP contribution < -0.4 is 15.9 Å². The van der Waals surface area contributed by atoms with Gasteiger partial charge in [0.25, 0.3) is 0 Å². The third-order valence-corrected chi connectivity index (χ3v) is 5.39. The van der Waals surface area contributed by atoms with Gasteiger partial charge in [-0.05, 0) is 30.3 Å². The maximum atomic E-state index is 11.9. The highest BCUT2D eigenvalue weighted by Crippen LogP contribution is 2.25. The molecule has 0 fully saturated rings. The van der Waals surface area contributed by atoms with Crippen LogP contribution in [0.3, 0.4) is 0 Å². The summed E-state index contributed by atoms with van der Waals surface area (Å²) in [5.41, 5.74) is 9.41. The molecule has 29 heavy (non-hydrogen) atoms. The number of ether oxygens (including phenoxy) is 1. The third-order valence-electron chi connectivity index (χ3n) is 3.56. The van der Waals surface area contributed by atoms with Crippen LogP contribution in [-0.4, -0.2) is 22.3 Å².